The topological polar surface area (TPSA) is 65.1 Å². The molecule has 1 aromatic rings. The van der Waals surface area contributed by atoms with Crippen LogP contribution in [0.5, 0.6) is 0 Å². The maximum Gasteiger partial charge on any atom is 0.0793 e. The summed E-state index contributed by atoms with van der Waals surface area (Å²) in [6, 6.07) is 2.47. The third kappa shape index (κ3) is 4.58. The average Bonchev–Trinajstić information content (AvgIpc) is 2.81. The van der Waals surface area contributed by atoms with E-state index in [0.29, 0.717) is 12.6 Å². The summed E-state index contributed by atoms with van der Waals surface area (Å²) in [6.07, 6.45) is 2.82. The van der Waals surface area contributed by atoms with Crippen LogP contribution >= 0.6 is 0 Å². The van der Waals surface area contributed by atoms with Crippen LogP contribution in [0.15, 0.2) is 12.3 Å². The fraction of sp³-hybridized carbons (Fsp3) is 0.800. The Kier molecular flexibility index (Phi) is 6.17. The van der Waals surface area contributed by atoms with Crippen molar-refractivity contribution in [2.24, 2.45) is 11.3 Å². The molecule has 0 saturated heterocycles. The quantitative estimate of drug-likeness (QED) is 0.595. The molecule has 2 unspecified atom stereocenters. The Labute approximate surface area is 122 Å². The Bertz CT molecular complexity index is 395. The summed E-state index contributed by atoms with van der Waals surface area (Å²) in [5.74, 6) is 5.75. The zero-order valence-corrected chi connectivity index (χ0v) is 13.7. The predicted molar refractivity (Wildman–Crippen MR) is 82.3 cm³/mol. The maximum absolute atomic E-state index is 5.91. The molecule has 0 spiro atoms. The monoisotopic (exact) mass is 282 g/mol. The van der Waals surface area contributed by atoms with Gasteiger partial charge in [0, 0.05) is 25.3 Å². The highest BCUT2D eigenvalue weighted by molar-refractivity contribution is 5.04. The van der Waals surface area contributed by atoms with Crippen molar-refractivity contribution in [3.8, 4) is 0 Å². The third-order valence-corrected chi connectivity index (χ3v) is 3.40. The lowest BCUT2D eigenvalue weighted by Gasteiger charge is -2.36. The number of aromatic nitrogens is 2. The molecule has 1 rings (SSSR count). The van der Waals surface area contributed by atoms with Gasteiger partial charge in [0.25, 0.3) is 0 Å². The van der Waals surface area contributed by atoms with E-state index in [1.165, 1.54) is 0 Å². The standard InChI is InChI=1S/C15H30N4O/c1-7-20-14(15(4,5)6)13(17-16)10-12-8-9-19(18-12)11(2)3/h8-9,11,13-14,17H,7,10,16H2,1-6H3. The highest BCUT2D eigenvalue weighted by Crippen LogP contribution is 2.26. The van der Waals surface area contributed by atoms with Crippen molar-refractivity contribution >= 4 is 0 Å². The fourth-order valence-electron chi connectivity index (χ4n) is 2.40. The minimum atomic E-state index is 0.0215. The molecular formula is C15H30N4O. The SMILES string of the molecule is CCOC(C(Cc1ccn(C(C)C)n1)NN)C(C)(C)C. The Hall–Kier alpha value is -0.910. The van der Waals surface area contributed by atoms with Gasteiger partial charge >= 0.3 is 0 Å². The zero-order valence-electron chi connectivity index (χ0n) is 13.7. The van der Waals surface area contributed by atoms with Crippen molar-refractivity contribution in [1.29, 1.82) is 0 Å². The van der Waals surface area contributed by atoms with E-state index < -0.39 is 0 Å². The lowest BCUT2D eigenvalue weighted by molar-refractivity contribution is -0.0358. The Morgan fingerprint density at radius 2 is 2.05 bits per heavy atom. The van der Waals surface area contributed by atoms with Crippen molar-refractivity contribution in [2.75, 3.05) is 6.61 Å². The predicted octanol–water partition coefficient (Wildman–Crippen LogP) is 2.29. The van der Waals surface area contributed by atoms with Crippen LogP contribution in [0.3, 0.4) is 0 Å². The van der Waals surface area contributed by atoms with Gasteiger partial charge < -0.3 is 4.74 Å². The molecule has 0 aliphatic carbocycles. The first-order valence-electron chi connectivity index (χ1n) is 7.41. The van der Waals surface area contributed by atoms with E-state index in [0.717, 1.165) is 12.1 Å². The zero-order chi connectivity index (χ0) is 15.3. The highest BCUT2D eigenvalue weighted by atomic mass is 16.5. The average molecular weight is 282 g/mol. The molecule has 5 heteroatoms. The summed E-state index contributed by atoms with van der Waals surface area (Å²) in [5.41, 5.74) is 3.97. The summed E-state index contributed by atoms with van der Waals surface area (Å²) >= 11 is 0. The molecular weight excluding hydrogens is 252 g/mol. The van der Waals surface area contributed by atoms with E-state index in [-0.39, 0.29) is 17.6 Å². The molecule has 116 valence electrons. The molecule has 0 saturated carbocycles. The van der Waals surface area contributed by atoms with Crippen molar-refractivity contribution in [2.45, 2.75) is 66.2 Å². The Morgan fingerprint density at radius 3 is 2.45 bits per heavy atom. The van der Waals surface area contributed by atoms with E-state index in [1.807, 2.05) is 17.8 Å². The number of nitrogens with zero attached hydrogens (tertiary/aromatic N) is 2. The fourth-order valence-corrected chi connectivity index (χ4v) is 2.40. The second-order valence-electron chi connectivity index (χ2n) is 6.60. The second-order valence-corrected chi connectivity index (χ2v) is 6.60. The molecule has 0 aliphatic rings. The van der Waals surface area contributed by atoms with Crippen LogP contribution in [0.2, 0.25) is 0 Å². The van der Waals surface area contributed by atoms with Gasteiger partial charge in [-0.2, -0.15) is 5.10 Å². The number of nitrogens with two attached hydrogens (primary N) is 1. The van der Waals surface area contributed by atoms with Gasteiger partial charge in [-0.25, -0.2) is 0 Å². The van der Waals surface area contributed by atoms with Crippen molar-refractivity contribution in [3.63, 3.8) is 0 Å². The van der Waals surface area contributed by atoms with Gasteiger partial charge in [-0.05, 0) is 32.3 Å². The summed E-state index contributed by atoms with van der Waals surface area (Å²) in [5, 5.41) is 4.59. The normalized spacial score (nSPS) is 15.6. The van der Waals surface area contributed by atoms with Gasteiger partial charge in [0.05, 0.1) is 17.8 Å². The molecule has 0 bridgehead atoms. The minimum Gasteiger partial charge on any atom is -0.376 e. The number of hydrazine groups is 1. The summed E-state index contributed by atoms with van der Waals surface area (Å²) in [6.45, 7) is 13.4. The smallest absolute Gasteiger partial charge is 0.0793 e. The van der Waals surface area contributed by atoms with Gasteiger partial charge in [-0.15, -0.1) is 0 Å². The first kappa shape index (κ1) is 17.1. The lowest BCUT2D eigenvalue weighted by Crippen LogP contribution is -2.52. The van der Waals surface area contributed by atoms with Gasteiger partial charge in [0.2, 0.25) is 0 Å². The van der Waals surface area contributed by atoms with E-state index in [9.17, 15) is 0 Å². The molecule has 0 aliphatic heterocycles. The molecule has 1 aromatic heterocycles. The van der Waals surface area contributed by atoms with Gasteiger partial charge in [0.15, 0.2) is 0 Å². The van der Waals surface area contributed by atoms with Crippen LogP contribution in [-0.4, -0.2) is 28.5 Å². The summed E-state index contributed by atoms with van der Waals surface area (Å²) < 4.78 is 7.88. The number of nitrogens with one attached hydrogen (secondary N) is 1. The van der Waals surface area contributed by atoms with E-state index in [4.69, 9.17) is 10.6 Å². The number of ether oxygens (including phenoxy) is 1. The molecule has 2 atom stereocenters. The molecule has 0 fully saturated rings. The largest absolute Gasteiger partial charge is 0.376 e. The second kappa shape index (κ2) is 7.20. The van der Waals surface area contributed by atoms with E-state index in [1.54, 1.807) is 0 Å². The molecule has 1 heterocycles. The Balaban J connectivity index is 2.82. The van der Waals surface area contributed by atoms with Gasteiger partial charge in [-0.3, -0.25) is 16.0 Å². The van der Waals surface area contributed by atoms with Crippen LogP contribution in [0.1, 0.15) is 53.3 Å². The van der Waals surface area contributed by atoms with Crippen LogP contribution in [0, 0.1) is 5.41 Å². The first-order valence-corrected chi connectivity index (χ1v) is 7.41. The molecule has 0 aromatic carbocycles. The van der Waals surface area contributed by atoms with Crippen LogP contribution in [-0.2, 0) is 11.2 Å². The maximum atomic E-state index is 5.91. The number of hydrogen-bond acceptors (Lipinski definition) is 4. The van der Waals surface area contributed by atoms with Gasteiger partial charge in [-0.1, -0.05) is 20.8 Å². The molecule has 3 N–H and O–H groups in total. The Morgan fingerprint density at radius 1 is 1.40 bits per heavy atom. The minimum absolute atomic E-state index is 0.0215. The van der Waals surface area contributed by atoms with Gasteiger partial charge in [0.1, 0.15) is 0 Å². The lowest BCUT2D eigenvalue weighted by atomic mass is 9.83. The summed E-state index contributed by atoms with van der Waals surface area (Å²) in [7, 11) is 0. The number of rotatable bonds is 7. The van der Waals surface area contributed by atoms with E-state index in [2.05, 4.69) is 51.2 Å². The van der Waals surface area contributed by atoms with Crippen LogP contribution < -0.4 is 11.3 Å². The first-order chi connectivity index (χ1) is 9.29. The van der Waals surface area contributed by atoms with Crippen molar-refractivity contribution in [1.82, 2.24) is 15.2 Å². The van der Waals surface area contributed by atoms with E-state index >= 15 is 0 Å². The van der Waals surface area contributed by atoms with Crippen molar-refractivity contribution < 1.29 is 4.74 Å². The molecule has 0 amide bonds. The summed E-state index contributed by atoms with van der Waals surface area (Å²) in [4.78, 5) is 0. The van der Waals surface area contributed by atoms with Crippen LogP contribution in [0.4, 0.5) is 0 Å². The molecule has 0 radical (unpaired) electrons. The highest BCUT2D eigenvalue weighted by Gasteiger charge is 2.32. The van der Waals surface area contributed by atoms with Crippen molar-refractivity contribution in [3.05, 3.63) is 18.0 Å². The van der Waals surface area contributed by atoms with Crippen LogP contribution in [0.25, 0.3) is 0 Å². The third-order valence-electron chi connectivity index (χ3n) is 3.40. The number of hydrogen-bond donors (Lipinski definition) is 2. The molecule has 20 heavy (non-hydrogen) atoms. The molecule has 5 nitrogen and oxygen atoms in total.